The number of carbonyl (C=O) groups is 1. The number of ether oxygens (including phenoxy) is 1. The number of carbonyl (C=O) groups excluding carboxylic acids is 1. The first-order valence-electron chi connectivity index (χ1n) is 6.77. The third-order valence-electron chi connectivity index (χ3n) is 2.65. The summed E-state index contributed by atoms with van der Waals surface area (Å²) in [6, 6.07) is 1.32. The Bertz CT molecular complexity index is 869. The summed E-state index contributed by atoms with van der Waals surface area (Å²) in [5, 5.41) is 3.29. The predicted molar refractivity (Wildman–Crippen MR) is 78.7 cm³/mol. The number of rotatable bonds is 3. The molecular formula is C14H13F3N2O5S. The van der Waals surface area contributed by atoms with Gasteiger partial charge in [0.2, 0.25) is 0 Å². The molecule has 7 nitrogen and oxygen atoms in total. The molecule has 2 aromatic rings. The Balaban J connectivity index is 2.64. The van der Waals surface area contributed by atoms with E-state index in [-0.39, 0.29) is 16.4 Å². The van der Waals surface area contributed by atoms with Crippen LogP contribution in [0.15, 0.2) is 33.9 Å². The van der Waals surface area contributed by atoms with Crippen molar-refractivity contribution in [1.29, 1.82) is 0 Å². The van der Waals surface area contributed by atoms with Gasteiger partial charge in [-0.15, -0.1) is 4.31 Å². The highest BCUT2D eigenvalue weighted by Gasteiger charge is 2.40. The summed E-state index contributed by atoms with van der Waals surface area (Å²) in [6.45, 7) is 4.37. The lowest BCUT2D eigenvalue weighted by molar-refractivity contribution is 0.0607. The molecule has 0 unspecified atom stereocenters. The van der Waals surface area contributed by atoms with Crippen LogP contribution in [0.3, 0.4) is 0 Å². The minimum atomic E-state index is -5.15. The quantitative estimate of drug-likeness (QED) is 0.815. The lowest BCUT2D eigenvalue weighted by atomic mass is 10.2. The van der Waals surface area contributed by atoms with Gasteiger partial charge in [0, 0.05) is 18.2 Å². The van der Waals surface area contributed by atoms with Gasteiger partial charge in [0.05, 0.1) is 0 Å². The van der Waals surface area contributed by atoms with Gasteiger partial charge in [-0.3, -0.25) is 0 Å². The molecule has 0 aliphatic heterocycles. The van der Waals surface area contributed by atoms with Crippen molar-refractivity contribution < 1.29 is 35.6 Å². The van der Waals surface area contributed by atoms with E-state index in [0.717, 1.165) is 12.3 Å². The molecule has 1 aromatic heterocycles. The summed E-state index contributed by atoms with van der Waals surface area (Å²) in [4.78, 5) is 10.8. The van der Waals surface area contributed by atoms with Crippen molar-refractivity contribution in [2.45, 2.75) is 31.3 Å². The van der Waals surface area contributed by atoms with Crippen LogP contribution >= 0.6 is 0 Å². The first kappa shape index (κ1) is 18.8. The van der Waals surface area contributed by atoms with Gasteiger partial charge in [-0.2, -0.15) is 0 Å². The van der Waals surface area contributed by atoms with Gasteiger partial charge < -0.3 is 9.26 Å². The molecule has 0 N–H and O–H groups in total. The summed E-state index contributed by atoms with van der Waals surface area (Å²) < 4.78 is 75.6. The van der Waals surface area contributed by atoms with E-state index in [9.17, 15) is 26.4 Å². The number of benzene rings is 1. The molecule has 2 rings (SSSR count). The zero-order valence-corrected chi connectivity index (χ0v) is 14.1. The van der Waals surface area contributed by atoms with Gasteiger partial charge in [-0.1, -0.05) is 5.16 Å². The molecule has 0 spiro atoms. The number of hydrogen-bond acceptors (Lipinski definition) is 6. The van der Waals surface area contributed by atoms with E-state index in [4.69, 9.17) is 4.74 Å². The van der Waals surface area contributed by atoms with Crippen molar-refractivity contribution in [2.75, 3.05) is 4.31 Å². The van der Waals surface area contributed by atoms with Crippen molar-refractivity contribution in [3.8, 4) is 0 Å². The van der Waals surface area contributed by atoms with Crippen molar-refractivity contribution in [1.82, 2.24) is 5.16 Å². The predicted octanol–water partition coefficient (Wildman–Crippen LogP) is 3.22. The van der Waals surface area contributed by atoms with E-state index in [2.05, 4.69) is 9.68 Å². The Morgan fingerprint density at radius 3 is 2.20 bits per heavy atom. The number of aromatic nitrogens is 1. The van der Waals surface area contributed by atoms with Crippen LogP contribution < -0.4 is 4.31 Å². The fourth-order valence-corrected chi connectivity index (χ4v) is 3.16. The van der Waals surface area contributed by atoms with E-state index in [1.54, 1.807) is 0 Å². The molecule has 0 atom stereocenters. The van der Waals surface area contributed by atoms with Crippen LogP contribution in [0.4, 0.5) is 23.8 Å². The first-order chi connectivity index (χ1) is 11.4. The number of halogens is 3. The Morgan fingerprint density at radius 1 is 1.20 bits per heavy atom. The topological polar surface area (TPSA) is 89.7 Å². The minimum absolute atomic E-state index is 0.0683. The van der Waals surface area contributed by atoms with Crippen molar-refractivity contribution >= 4 is 21.9 Å². The maximum atomic E-state index is 13.9. The zero-order valence-electron chi connectivity index (χ0n) is 13.3. The smallest absolute Gasteiger partial charge is 0.430 e. The summed E-state index contributed by atoms with van der Waals surface area (Å²) in [5.74, 6) is -5.33. The second-order valence-corrected chi connectivity index (χ2v) is 7.53. The molecular weight excluding hydrogens is 365 g/mol. The van der Waals surface area contributed by atoms with Crippen molar-refractivity contribution in [3.05, 3.63) is 41.9 Å². The van der Waals surface area contributed by atoms with E-state index in [1.165, 1.54) is 20.8 Å². The number of nitrogens with zero attached hydrogens (tertiary/aromatic N) is 2. The van der Waals surface area contributed by atoms with Crippen LogP contribution in [0, 0.1) is 17.5 Å². The van der Waals surface area contributed by atoms with Crippen LogP contribution in [-0.2, 0) is 14.8 Å². The van der Waals surface area contributed by atoms with Crippen LogP contribution in [0.1, 0.15) is 20.8 Å². The van der Waals surface area contributed by atoms with Gasteiger partial charge >= 0.3 is 6.09 Å². The molecule has 25 heavy (non-hydrogen) atoms. The van der Waals surface area contributed by atoms with Crippen LogP contribution in [0.5, 0.6) is 0 Å². The van der Waals surface area contributed by atoms with Crippen molar-refractivity contribution in [3.63, 3.8) is 0 Å². The third kappa shape index (κ3) is 3.92. The molecule has 0 saturated heterocycles. The second-order valence-electron chi connectivity index (χ2n) is 5.81. The summed E-state index contributed by atoms with van der Waals surface area (Å²) >= 11 is 0. The van der Waals surface area contributed by atoms with Crippen molar-refractivity contribution in [2.24, 2.45) is 0 Å². The Kier molecular flexibility index (Phi) is 4.80. The zero-order chi connectivity index (χ0) is 19.0. The van der Waals surface area contributed by atoms with E-state index >= 15 is 0 Å². The van der Waals surface area contributed by atoms with E-state index < -0.39 is 49.9 Å². The molecule has 0 aliphatic rings. The Morgan fingerprint density at radius 2 is 1.76 bits per heavy atom. The number of anilines is 1. The highest BCUT2D eigenvalue weighted by molar-refractivity contribution is 7.93. The molecule has 1 heterocycles. The molecule has 0 saturated carbocycles. The third-order valence-corrected chi connectivity index (χ3v) is 4.38. The molecule has 1 amide bonds. The van der Waals surface area contributed by atoms with Gasteiger partial charge in [-0.25, -0.2) is 26.4 Å². The van der Waals surface area contributed by atoms with Gasteiger partial charge in [-0.05, 0) is 20.8 Å². The average Bonchev–Trinajstić information content (AvgIpc) is 2.87. The largest absolute Gasteiger partial charge is 0.443 e. The van der Waals surface area contributed by atoms with Crippen LogP contribution in [0.2, 0.25) is 0 Å². The average molecular weight is 378 g/mol. The second kappa shape index (κ2) is 6.39. The molecule has 11 heteroatoms. The Hall–Kier alpha value is -2.56. The SMILES string of the molecule is CC(C)(C)OC(=O)N(c1ccon1)S(=O)(=O)c1c(F)cc(F)cc1F. The monoisotopic (exact) mass is 378 g/mol. The number of hydrogen-bond donors (Lipinski definition) is 0. The lowest BCUT2D eigenvalue weighted by Crippen LogP contribution is -2.41. The molecule has 0 fully saturated rings. The lowest BCUT2D eigenvalue weighted by Gasteiger charge is -2.25. The molecule has 0 aliphatic carbocycles. The standard InChI is InChI=1S/C14H13F3N2O5S/c1-14(2,3)24-13(20)19(11-4-5-23-18-11)25(21,22)12-9(16)6-8(15)7-10(12)17/h4-7H,1-3H3. The highest BCUT2D eigenvalue weighted by atomic mass is 32.2. The summed E-state index contributed by atoms with van der Waals surface area (Å²) in [6.07, 6.45) is -0.524. The normalized spacial score (nSPS) is 12.1. The maximum absolute atomic E-state index is 13.9. The van der Waals surface area contributed by atoms with Gasteiger partial charge in [0.1, 0.15) is 29.3 Å². The summed E-state index contributed by atoms with van der Waals surface area (Å²) in [7, 11) is -5.15. The van der Waals surface area contributed by atoms with E-state index in [0.29, 0.717) is 0 Å². The molecule has 0 bridgehead atoms. The van der Waals surface area contributed by atoms with Gasteiger partial charge in [0.15, 0.2) is 10.7 Å². The maximum Gasteiger partial charge on any atom is 0.430 e. The molecule has 1 aromatic carbocycles. The molecule has 136 valence electrons. The van der Waals surface area contributed by atoms with Crippen LogP contribution in [0.25, 0.3) is 0 Å². The fraction of sp³-hybridized carbons (Fsp3) is 0.286. The highest BCUT2D eigenvalue weighted by Crippen LogP contribution is 2.28. The fourth-order valence-electron chi connectivity index (χ4n) is 1.80. The Labute approximate surface area is 141 Å². The first-order valence-corrected chi connectivity index (χ1v) is 8.21. The number of sulfonamides is 1. The van der Waals surface area contributed by atoms with E-state index in [1.807, 2.05) is 0 Å². The van der Waals surface area contributed by atoms with Crippen LogP contribution in [-0.4, -0.2) is 25.3 Å². The summed E-state index contributed by atoms with van der Waals surface area (Å²) in [5.41, 5.74) is -1.12. The molecule has 0 radical (unpaired) electrons. The van der Waals surface area contributed by atoms with Gasteiger partial charge in [0.25, 0.3) is 10.0 Å². The number of amides is 1. The minimum Gasteiger partial charge on any atom is -0.443 e.